The molecule has 0 spiro atoms. The number of para-hydroxylation sites is 1. The minimum absolute atomic E-state index is 0.516. The average molecular weight is 267 g/mol. The maximum Gasteiger partial charge on any atom is 0.0485 e. The molecule has 3 rings (SSSR count). The van der Waals surface area contributed by atoms with Gasteiger partial charge in [0.25, 0.3) is 0 Å². The lowest BCUT2D eigenvalue weighted by molar-refractivity contribution is 0.144. The van der Waals surface area contributed by atoms with Crippen molar-refractivity contribution in [1.29, 1.82) is 0 Å². The van der Waals surface area contributed by atoms with Crippen molar-refractivity contribution in [2.45, 2.75) is 25.3 Å². The van der Waals surface area contributed by atoms with Gasteiger partial charge in [0.2, 0.25) is 0 Å². The Labute approximate surface area is 120 Å². The minimum Gasteiger partial charge on any atom is -0.382 e. The molecule has 1 N–H and O–H groups in total. The molecule has 1 saturated heterocycles. The molecule has 1 aliphatic rings. The molecular formula is C18H21NO. The summed E-state index contributed by atoms with van der Waals surface area (Å²) in [5, 5.41) is 3.71. The lowest BCUT2D eigenvalue weighted by atomic mass is 10.0. The molecule has 0 radical (unpaired) electrons. The largest absolute Gasteiger partial charge is 0.382 e. The van der Waals surface area contributed by atoms with E-state index in [9.17, 15) is 0 Å². The van der Waals surface area contributed by atoms with Gasteiger partial charge in [-0.25, -0.2) is 0 Å². The van der Waals surface area contributed by atoms with Crippen molar-refractivity contribution in [2.24, 2.45) is 0 Å². The average Bonchev–Trinajstić information content (AvgIpc) is 2.77. The highest BCUT2D eigenvalue weighted by Crippen LogP contribution is 2.29. The molecule has 1 atom stereocenters. The number of anilines is 1. The quantitative estimate of drug-likeness (QED) is 0.893. The van der Waals surface area contributed by atoms with Gasteiger partial charge >= 0.3 is 0 Å². The number of benzene rings is 2. The van der Waals surface area contributed by atoms with Gasteiger partial charge in [0.05, 0.1) is 0 Å². The Balaban J connectivity index is 1.82. The van der Waals surface area contributed by atoms with Gasteiger partial charge in [-0.05, 0) is 30.9 Å². The molecule has 0 saturated carbocycles. The second-order valence-electron chi connectivity index (χ2n) is 5.30. The monoisotopic (exact) mass is 267 g/mol. The zero-order chi connectivity index (χ0) is 13.6. The number of hydrogen-bond donors (Lipinski definition) is 1. The third kappa shape index (κ3) is 3.20. The van der Waals surface area contributed by atoms with Gasteiger partial charge in [0.15, 0.2) is 0 Å². The second-order valence-corrected chi connectivity index (χ2v) is 5.30. The van der Waals surface area contributed by atoms with Crippen LogP contribution in [-0.4, -0.2) is 19.3 Å². The molecule has 1 heterocycles. The summed E-state index contributed by atoms with van der Waals surface area (Å²) in [5.41, 5.74) is 3.77. The number of nitrogens with one attached hydrogen (secondary N) is 1. The van der Waals surface area contributed by atoms with Crippen LogP contribution in [0.15, 0.2) is 54.6 Å². The normalized spacial score (nSPS) is 19.3. The summed E-state index contributed by atoms with van der Waals surface area (Å²) >= 11 is 0. The van der Waals surface area contributed by atoms with E-state index >= 15 is 0 Å². The standard InChI is InChI=1S/C18H21NO/c1-2-7-15(8-3-1)17-10-4-5-11-18(17)19-16-9-6-13-20-14-12-16/h1-5,7-8,10-11,16,19H,6,9,12-14H2. The van der Waals surface area contributed by atoms with E-state index in [1.807, 2.05) is 0 Å². The van der Waals surface area contributed by atoms with Crippen LogP contribution < -0.4 is 5.32 Å². The molecule has 104 valence electrons. The summed E-state index contributed by atoms with van der Waals surface area (Å²) in [5.74, 6) is 0. The van der Waals surface area contributed by atoms with Crippen LogP contribution in [0.5, 0.6) is 0 Å². The molecule has 1 aliphatic heterocycles. The van der Waals surface area contributed by atoms with Gasteiger partial charge in [-0.3, -0.25) is 0 Å². The molecule has 1 unspecified atom stereocenters. The smallest absolute Gasteiger partial charge is 0.0485 e. The Morgan fingerprint density at radius 1 is 0.850 bits per heavy atom. The Morgan fingerprint density at radius 3 is 2.55 bits per heavy atom. The molecule has 2 aromatic carbocycles. The summed E-state index contributed by atoms with van der Waals surface area (Å²) in [7, 11) is 0. The van der Waals surface area contributed by atoms with Gasteiger partial charge in [0.1, 0.15) is 0 Å². The fraction of sp³-hybridized carbons (Fsp3) is 0.333. The van der Waals surface area contributed by atoms with Crippen molar-refractivity contribution >= 4 is 5.69 Å². The van der Waals surface area contributed by atoms with E-state index in [2.05, 4.69) is 59.9 Å². The second kappa shape index (κ2) is 6.58. The fourth-order valence-corrected chi connectivity index (χ4v) is 2.75. The molecule has 0 aliphatic carbocycles. The molecule has 2 nitrogen and oxygen atoms in total. The Kier molecular flexibility index (Phi) is 4.34. The third-order valence-corrected chi connectivity index (χ3v) is 3.82. The first-order valence-corrected chi connectivity index (χ1v) is 7.42. The summed E-state index contributed by atoms with van der Waals surface area (Å²) in [6.07, 6.45) is 3.41. The zero-order valence-electron chi connectivity index (χ0n) is 11.7. The van der Waals surface area contributed by atoms with Gasteiger partial charge < -0.3 is 10.1 Å². The van der Waals surface area contributed by atoms with Gasteiger partial charge in [-0.2, -0.15) is 0 Å². The molecule has 0 bridgehead atoms. The third-order valence-electron chi connectivity index (χ3n) is 3.82. The van der Waals surface area contributed by atoms with Crippen molar-refractivity contribution in [1.82, 2.24) is 0 Å². The lowest BCUT2D eigenvalue weighted by Gasteiger charge is -2.19. The first-order valence-electron chi connectivity index (χ1n) is 7.42. The number of rotatable bonds is 3. The van der Waals surface area contributed by atoms with Crippen molar-refractivity contribution in [3.63, 3.8) is 0 Å². The first kappa shape index (κ1) is 13.2. The molecule has 2 aromatic rings. The minimum atomic E-state index is 0.516. The van der Waals surface area contributed by atoms with Crippen molar-refractivity contribution in [3.8, 4) is 11.1 Å². The van der Waals surface area contributed by atoms with Crippen LogP contribution in [0.3, 0.4) is 0 Å². The molecular weight excluding hydrogens is 246 g/mol. The number of ether oxygens (including phenoxy) is 1. The van der Waals surface area contributed by atoms with Crippen LogP contribution in [0.25, 0.3) is 11.1 Å². The molecule has 2 heteroatoms. The van der Waals surface area contributed by atoms with E-state index in [4.69, 9.17) is 4.74 Å². The highest BCUT2D eigenvalue weighted by atomic mass is 16.5. The van der Waals surface area contributed by atoms with Crippen LogP contribution in [0.4, 0.5) is 5.69 Å². The first-order chi connectivity index (χ1) is 9.93. The Bertz CT molecular complexity index is 530. The van der Waals surface area contributed by atoms with Crippen LogP contribution in [0, 0.1) is 0 Å². The van der Waals surface area contributed by atoms with Crippen molar-refractivity contribution in [3.05, 3.63) is 54.6 Å². The Morgan fingerprint density at radius 2 is 1.65 bits per heavy atom. The van der Waals surface area contributed by atoms with Crippen LogP contribution in [0.1, 0.15) is 19.3 Å². The van der Waals surface area contributed by atoms with Gasteiger partial charge in [-0.15, -0.1) is 0 Å². The number of hydrogen-bond acceptors (Lipinski definition) is 2. The fourth-order valence-electron chi connectivity index (χ4n) is 2.75. The lowest BCUT2D eigenvalue weighted by Crippen LogP contribution is -2.19. The van der Waals surface area contributed by atoms with E-state index in [-0.39, 0.29) is 0 Å². The maximum absolute atomic E-state index is 5.54. The molecule has 0 amide bonds. The summed E-state index contributed by atoms with van der Waals surface area (Å²) in [6, 6.07) is 19.6. The van der Waals surface area contributed by atoms with Gasteiger partial charge in [0, 0.05) is 30.5 Å². The summed E-state index contributed by atoms with van der Waals surface area (Å²) < 4.78 is 5.54. The van der Waals surface area contributed by atoms with Crippen molar-refractivity contribution in [2.75, 3.05) is 18.5 Å². The molecule has 1 fully saturated rings. The Hall–Kier alpha value is -1.80. The van der Waals surface area contributed by atoms with Gasteiger partial charge in [-0.1, -0.05) is 48.5 Å². The predicted octanol–water partition coefficient (Wildman–Crippen LogP) is 4.33. The summed E-state index contributed by atoms with van der Waals surface area (Å²) in [4.78, 5) is 0. The zero-order valence-corrected chi connectivity index (χ0v) is 11.7. The highest BCUT2D eigenvalue weighted by molar-refractivity contribution is 5.77. The van der Waals surface area contributed by atoms with E-state index < -0.39 is 0 Å². The van der Waals surface area contributed by atoms with Crippen LogP contribution in [-0.2, 0) is 4.74 Å². The van der Waals surface area contributed by atoms with Crippen molar-refractivity contribution < 1.29 is 4.74 Å². The van der Waals surface area contributed by atoms with Crippen LogP contribution in [0.2, 0.25) is 0 Å². The highest BCUT2D eigenvalue weighted by Gasteiger charge is 2.13. The summed E-state index contributed by atoms with van der Waals surface area (Å²) in [6.45, 7) is 1.77. The topological polar surface area (TPSA) is 21.3 Å². The molecule has 20 heavy (non-hydrogen) atoms. The SMILES string of the molecule is c1ccc(-c2ccccc2NC2CCCOCC2)cc1. The van der Waals surface area contributed by atoms with Crippen LogP contribution >= 0.6 is 0 Å². The van der Waals surface area contributed by atoms with E-state index in [0.717, 1.165) is 26.1 Å². The van der Waals surface area contributed by atoms with E-state index in [1.165, 1.54) is 23.2 Å². The van der Waals surface area contributed by atoms with E-state index in [1.54, 1.807) is 0 Å². The maximum atomic E-state index is 5.54. The molecule has 0 aromatic heterocycles. The van der Waals surface area contributed by atoms with E-state index in [0.29, 0.717) is 6.04 Å². The predicted molar refractivity (Wildman–Crippen MR) is 84.0 cm³/mol.